The van der Waals surface area contributed by atoms with Gasteiger partial charge in [-0.15, -0.1) is 36.2 Å². The molecule has 0 unspecified atom stereocenters. The Kier molecular flexibility index (Phi) is 9.33. The lowest BCUT2D eigenvalue weighted by molar-refractivity contribution is 0.103. The predicted molar refractivity (Wildman–Crippen MR) is 152 cm³/mol. The highest BCUT2D eigenvalue weighted by Gasteiger charge is 2.27. The molecule has 0 amide bonds. The first-order valence-corrected chi connectivity index (χ1v) is 12.5. The number of hydrogen-bond acceptors (Lipinski definition) is 4. The monoisotopic (exact) mass is 544 g/mol. The third-order valence-corrected chi connectivity index (χ3v) is 7.48. The minimum Gasteiger partial charge on any atom is -0.412 e. The Hall–Kier alpha value is -2.68. The van der Waals surface area contributed by atoms with E-state index < -0.39 is 0 Å². The summed E-state index contributed by atoms with van der Waals surface area (Å²) in [5.74, 6) is 0.863. The summed E-state index contributed by atoms with van der Waals surface area (Å²) in [6.07, 6.45) is 3.90. The van der Waals surface area contributed by atoms with Crippen LogP contribution in [-0.2, 0) is 6.54 Å². The molecule has 9 heteroatoms. The fraction of sp³-hybridized carbons (Fsp3) is 0.259. The number of rotatable bonds is 6. The fourth-order valence-corrected chi connectivity index (χ4v) is 5.65. The average Bonchev–Trinajstić information content (AvgIpc) is 3.60. The van der Waals surface area contributed by atoms with Crippen molar-refractivity contribution in [3.05, 3.63) is 82.7 Å². The number of imidazole rings is 2. The summed E-state index contributed by atoms with van der Waals surface area (Å²) in [7, 11) is 0. The number of hydrogen-bond donors (Lipinski definition) is 0. The number of ketones is 1. The van der Waals surface area contributed by atoms with Gasteiger partial charge in [0.25, 0.3) is 0 Å². The maximum absolute atomic E-state index is 13.8. The van der Waals surface area contributed by atoms with E-state index in [1.807, 2.05) is 53.9 Å². The zero-order valence-corrected chi connectivity index (χ0v) is 22.2. The zero-order valence-electron chi connectivity index (χ0n) is 19.8. The summed E-state index contributed by atoms with van der Waals surface area (Å²) in [5.41, 5.74) is 4.51. The summed E-state index contributed by atoms with van der Waals surface area (Å²) in [6.45, 7) is 4.19. The van der Waals surface area contributed by atoms with Gasteiger partial charge in [0.05, 0.1) is 15.9 Å². The number of para-hydroxylation sites is 2. The molecule has 6 nitrogen and oxygen atoms in total. The van der Waals surface area contributed by atoms with E-state index in [0.717, 1.165) is 46.0 Å². The van der Waals surface area contributed by atoms with Crippen molar-refractivity contribution in [3.63, 3.8) is 0 Å². The van der Waals surface area contributed by atoms with Gasteiger partial charge < -0.3 is 14.9 Å². The number of carbonyl (C=O) groups is 1. The van der Waals surface area contributed by atoms with Crippen LogP contribution in [0.15, 0.2) is 72.1 Å². The van der Waals surface area contributed by atoms with E-state index in [9.17, 15) is 4.79 Å². The Morgan fingerprint density at radius 2 is 1.53 bits per heavy atom. The molecule has 1 saturated heterocycles. The molecule has 190 valence electrons. The van der Waals surface area contributed by atoms with Crippen LogP contribution in [0.25, 0.3) is 28.1 Å². The van der Waals surface area contributed by atoms with Gasteiger partial charge in [0.1, 0.15) is 11.4 Å². The van der Waals surface area contributed by atoms with Gasteiger partial charge in [-0.1, -0.05) is 55.0 Å². The van der Waals surface area contributed by atoms with Gasteiger partial charge in [0.15, 0.2) is 0 Å². The molecule has 0 saturated carbocycles. The maximum atomic E-state index is 13.8. The molecule has 2 N–H and O–H groups in total. The van der Waals surface area contributed by atoms with Crippen LogP contribution in [0, 0.1) is 0 Å². The van der Waals surface area contributed by atoms with Crippen molar-refractivity contribution in [3.8, 4) is 11.3 Å². The number of carbonyl (C=O) groups excluding carboxylic acids is 1. The Labute approximate surface area is 226 Å². The van der Waals surface area contributed by atoms with Crippen LogP contribution >= 0.6 is 36.2 Å². The topological polar surface area (TPSA) is 74.0 Å². The van der Waals surface area contributed by atoms with Crippen molar-refractivity contribution < 1.29 is 10.3 Å². The minimum atomic E-state index is 0. The molecular weight excluding hydrogens is 515 g/mol. The Bertz CT molecular complexity index is 1420. The summed E-state index contributed by atoms with van der Waals surface area (Å²) in [6, 6.07) is 22.2. The number of benzene rings is 2. The summed E-state index contributed by atoms with van der Waals surface area (Å²) < 4.78 is 4.37. The highest BCUT2D eigenvalue weighted by molar-refractivity contribution is 7.12. The first kappa shape index (κ1) is 27.9. The van der Waals surface area contributed by atoms with Crippen molar-refractivity contribution in [1.29, 1.82) is 0 Å². The molecule has 0 radical (unpaired) electrons. The van der Waals surface area contributed by atoms with E-state index in [2.05, 4.69) is 32.1 Å². The van der Waals surface area contributed by atoms with E-state index in [4.69, 9.17) is 4.98 Å². The van der Waals surface area contributed by atoms with E-state index in [0.29, 0.717) is 5.69 Å². The third kappa shape index (κ3) is 4.94. The Morgan fingerprint density at radius 3 is 2.22 bits per heavy atom. The molecule has 36 heavy (non-hydrogen) atoms. The second kappa shape index (κ2) is 12.0. The Balaban J connectivity index is 0.00000120. The highest BCUT2D eigenvalue weighted by atomic mass is 35.5. The summed E-state index contributed by atoms with van der Waals surface area (Å²) in [5, 5.41) is 1.95. The van der Waals surface area contributed by atoms with Crippen LogP contribution < -0.4 is 0 Å². The van der Waals surface area contributed by atoms with Crippen molar-refractivity contribution in [2.75, 3.05) is 19.6 Å². The van der Waals surface area contributed by atoms with Crippen LogP contribution in [0.5, 0.6) is 0 Å². The van der Waals surface area contributed by atoms with Gasteiger partial charge in [-0.05, 0) is 49.5 Å². The molecule has 3 aromatic heterocycles. The van der Waals surface area contributed by atoms with E-state index >= 15 is 0 Å². The molecule has 1 aliphatic heterocycles. The Morgan fingerprint density at radius 1 is 0.833 bits per heavy atom. The molecular formula is C27H30Cl2N4O2S. The SMILES string of the molecule is Cl.Cl.O.O=C(c1cccs1)c1c(-c2ccccc2)nc2n(CCN3CCCCC3)c3ccccc3n12. The fourth-order valence-electron chi connectivity index (χ4n) is 4.98. The van der Waals surface area contributed by atoms with Gasteiger partial charge >= 0.3 is 0 Å². The number of halogens is 2. The predicted octanol–water partition coefficient (Wildman–Crippen LogP) is 5.75. The molecule has 0 aliphatic carbocycles. The largest absolute Gasteiger partial charge is 0.412 e. The van der Waals surface area contributed by atoms with Crippen LogP contribution in [0.3, 0.4) is 0 Å². The minimum absolute atomic E-state index is 0. The van der Waals surface area contributed by atoms with Gasteiger partial charge in [-0.3, -0.25) is 9.20 Å². The maximum Gasteiger partial charge on any atom is 0.222 e. The number of fused-ring (bicyclic) bond motifs is 3. The van der Waals surface area contributed by atoms with Gasteiger partial charge in [0, 0.05) is 18.7 Å². The quantitative estimate of drug-likeness (QED) is 0.255. The molecule has 5 aromatic rings. The lowest BCUT2D eigenvalue weighted by Crippen LogP contribution is -2.32. The molecule has 1 fully saturated rings. The first-order valence-electron chi connectivity index (χ1n) is 11.7. The second-order valence-electron chi connectivity index (χ2n) is 8.66. The van der Waals surface area contributed by atoms with Crippen LogP contribution in [0.4, 0.5) is 0 Å². The van der Waals surface area contributed by atoms with Crippen molar-refractivity contribution in [1.82, 2.24) is 18.9 Å². The molecule has 0 spiro atoms. The van der Waals surface area contributed by atoms with E-state index in [-0.39, 0.29) is 36.1 Å². The third-order valence-electron chi connectivity index (χ3n) is 6.61. The normalized spacial score (nSPS) is 13.7. The summed E-state index contributed by atoms with van der Waals surface area (Å²) in [4.78, 5) is 22.2. The lowest BCUT2D eigenvalue weighted by atomic mass is 10.1. The van der Waals surface area contributed by atoms with E-state index in [1.54, 1.807) is 0 Å². The lowest BCUT2D eigenvalue weighted by Gasteiger charge is -2.26. The van der Waals surface area contributed by atoms with Crippen LogP contribution in [-0.4, -0.2) is 49.7 Å². The van der Waals surface area contributed by atoms with Crippen molar-refractivity contribution in [2.24, 2.45) is 0 Å². The number of piperidine rings is 1. The van der Waals surface area contributed by atoms with Gasteiger partial charge in [0.2, 0.25) is 11.6 Å². The van der Waals surface area contributed by atoms with Gasteiger partial charge in [-0.2, -0.15) is 0 Å². The number of thiophene rings is 1. The van der Waals surface area contributed by atoms with Gasteiger partial charge in [-0.25, -0.2) is 4.98 Å². The molecule has 0 atom stereocenters. The first-order chi connectivity index (χ1) is 16.3. The molecule has 2 aromatic carbocycles. The highest BCUT2D eigenvalue weighted by Crippen LogP contribution is 2.32. The second-order valence-corrected chi connectivity index (χ2v) is 9.61. The van der Waals surface area contributed by atoms with Crippen LogP contribution in [0.1, 0.15) is 34.6 Å². The number of nitrogens with zero attached hydrogens (tertiary/aromatic N) is 4. The smallest absolute Gasteiger partial charge is 0.222 e. The number of aromatic nitrogens is 3. The number of likely N-dealkylation sites (tertiary alicyclic amines) is 1. The van der Waals surface area contributed by atoms with Crippen LogP contribution in [0.2, 0.25) is 0 Å². The standard InChI is InChI=1S/C27H26N4OS.2ClH.H2O/c32-26(23-14-9-19-33-23)25-24(20-10-3-1-4-11-20)28-27-30(18-17-29-15-7-2-8-16-29)21-12-5-6-13-22(21)31(25)27;;;/h1,3-6,9-14,19H,2,7-8,15-18H2;2*1H;1H2. The zero-order chi connectivity index (χ0) is 22.2. The van der Waals surface area contributed by atoms with E-state index in [1.165, 1.54) is 43.7 Å². The molecule has 4 heterocycles. The molecule has 1 aliphatic rings. The summed E-state index contributed by atoms with van der Waals surface area (Å²) >= 11 is 1.48. The molecule has 0 bridgehead atoms. The van der Waals surface area contributed by atoms with Crippen molar-refractivity contribution >= 4 is 58.7 Å². The van der Waals surface area contributed by atoms with Crippen molar-refractivity contribution in [2.45, 2.75) is 25.8 Å². The average molecular weight is 546 g/mol. The molecule has 6 rings (SSSR count).